The number of rotatable bonds is 7. The summed E-state index contributed by atoms with van der Waals surface area (Å²) in [5.74, 6) is -1.73. The summed E-state index contributed by atoms with van der Waals surface area (Å²) < 4.78 is 5.17. The topological polar surface area (TPSA) is 99.4 Å². The summed E-state index contributed by atoms with van der Waals surface area (Å²) in [6.07, 6.45) is 1.50. The zero-order valence-electron chi connectivity index (χ0n) is 13.7. The number of Topliss-reactive ketones (excluding diaryl/α,β-unsaturated/α-hetero) is 1. The summed E-state index contributed by atoms with van der Waals surface area (Å²) in [4.78, 5) is 35.5. The molecule has 0 radical (unpaired) electrons. The molecule has 1 amide bonds. The van der Waals surface area contributed by atoms with Crippen molar-refractivity contribution in [1.82, 2.24) is 5.32 Å². The van der Waals surface area contributed by atoms with E-state index in [1.165, 1.54) is 25.1 Å². The maximum atomic E-state index is 11.9. The van der Waals surface area contributed by atoms with Gasteiger partial charge < -0.3 is 15.3 Å². The van der Waals surface area contributed by atoms with Crippen molar-refractivity contribution < 1.29 is 23.9 Å². The molecule has 0 spiro atoms. The molecule has 0 aliphatic heterocycles. The van der Waals surface area contributed by atoms with E-state index in [9.17, 15) is 19.6 Å². The largest absolute Gasteiger partial charge is 0.618 e. The Hall–Kier alpha value is -3.22. The number of amides is 1. The van der Waals surface area contributed by atoms with Crippen LogP contribution in [0.5, 0.6) is 0 Å². The van der Waals surface area contributed by atoms with Crippen LogP contribution in [0.1, 0.15) is 23.0 Å². The molecule has 0 aliphatic carbocycles. The number of nitrogens with zero attached hydrogens (tertiary/aromatic N) is 1. The Balaban J connectivity index is 1.90. The lowest BCUT2D eigenvalue weighted by atomic mass is 10.0. The highest BCUT2D eigenvalue weighted by Gasteiger charge is 2.21. The van der Waals surface area contributed by atoms with Gasteiger partial charge in [0.1, 0.15) is 0 Å². The minimum Gasteiger partial charge on any atom is -0.618 e. The Morgan fingerprint density at radius 2 is 1.80 bits per heavy atom. The molecule has 0 saturated heterocycles. The molecule has 0 saturated carbocycles. The normalized spacial score (nSPS) is 11.4. The molecule has 0 bridgehead atoms. The average molecular weight is 342 g/mol. The fourth-order valence-corrected chi connectivity index (χ4v) is 2.17. The molecular weight excluding hydrogens is 324 g/mol. The van der Waals surface area contributed by atoms with Crippen LogP contribution in [-0.4, -0.2) is 30.3 Å². The molecule has 1 atom stereocenters. The quantitative estimate of drug-likeness (QED) is 0.456. The van der Waals surface area contributed by atoms with Crippen molar-refractivity contribution in [3.05, 3.63) is 71.2 Å². The Labute approximate surface area is 144 Å². The van der Waals surface area contributed by atoms with E-state index >= 15 is 0 Å². The van der Waals surface area contributed by atoms with Crippen molar-refractivity contribution in [2.24, 2.45) is 0 Å². The first-order valence-corrected chi connectivity index (χ1v) is 7.66. The zero-order chi connectivity index (χ0) is 18.2. The van der Waals surface area contributed by atoms with Crippen LogP contribution in [-0.2, 0) is 20.7 Å². The number of aromatic nitrogens is 1. The van der Waals surface area contributed by atoms with E-state index < -0.39 is 24.5 Å². The van der Waals surface area contributed by atoms with Gasteiger partial charge in [0.2, 0.25) is 0 Å². The van der Waals surface area contributed by atoms with Crippen LogP contribution < -0.4 is 10.0 Å². The molecule has 1 heterocycles. The lowest BCUT2D eigenvalue weighted by Gasteiger charge is -2.16. The number of nitrogens with one attached hydrogen (secondary N) is 1. The van der Waals surface area contributed by atoms with Gasteiger partial charge in [-0.2, -0.15) is 4.73 Å². The van der Waals surface area contributed by atoms with Crippen molar-refractivity contribution >= 4 is 17.7 Å². The maximum Gasteiger partial charge on any atom is 0.405 e. The van der Waals surface area contributed by atoms with E-state index in [0.29, 0.717) is 11.2 Å². The Kier molecular flexibility index (Phi) is 6.22. The van der Waals surface area contributed by atoms with Gasteiger partial charge >= 0.3 is 11.7 Å². The van der Waals surface area contributed by atoms with Crippen LogP contribution in [0.25, 0.3) is 0 Å². The van der Waals surface area contributed by atoms with E-state index in [2.05, 4.69) is 5.32 Å². The van der Waals surface area contributed by atoms with Gasteiger partial charge in [0.25, 0.3) is 5.91 Å². The van der Waals surface area contributed by atoms with Gasteiger partial charge in [-0.25, -0.2) is 4.79 Å². The summed E-state index contributed by atoms with van der Waals surface area (Å²) in [7, 11) is 0. The van der Waals surface area contributed by atoms with E-state index in [1.807, 2.05) is 30.3 Å². The number of carbonyl (C=O) groups excluding carboxylic acids is 3. The predicted octanol–water partition coefficient (Wildman–Crippen LogP) is 0.793. The lowest BCUT2D eigenvalue weighted by molar-refractivity contribution is -0.608. The second kappa shape index (κ2) is 8.58. The number of hydrogen-bond donors (Lipinski definition) is 1. The Morgan fingerprint density at radius 3 is 2.44 bits per heavy atom. The minimum absolute atomic E-state index is 0.205. The van der Waals surface area contributed by atoms with E-state index in [1.54, 1.807) is 0 Å². The summed E-state index contributed by atoms with van der Waals surface area (Å²) in [6.45, 7) is 0.802. The van der Waals surface area contributed by atoms with E-state index in [4.69, 9.17) is 4.74 Å². The lowest BCUT2D eigenvalue weighted by Crippen LogP contribution is -2.43. The number of carbonyl (C=O) groups is 3. The number of hydrogen-bond acceptors (Lipinski definition) is 5. The fraction of sp³-hybridized carbons (Fsp3) is 0.222. The van der Waals surface area contributed by atoms with Gasteiger partial charge in [0.15, 0.2) is 18.6 Å². The van der Waals surface area contributed by atoms with Crippen LogP contribution in [0.4, 0.5) is 0 Å². The third-order valence-corrected chi connectivity index (χ3v) is 3.48. The molecule has 7 heteroatoms. The van der Waals surface area contributed by atoms with Gasteiger partial charge in [0, 0.05) is 12.1 Å². The predicted molar refractivity (Wildman–Crippen MR) is 88.4 cm³/mol. The zero-order valence-corrected chi connectivity index (χ0v) is 13.7. The Morgan fingerprint density at radius 1 is 1.12 bits per heavy atom. The smallest absolute Gasteiger partial charge is 0.405 e. The molecule has 0 unspecified atom stereocenters. The monoisotopic (exact) mass is 342 g/mol. The van der Waals surface area contributed by atoms with Crippen molar-refractivity contribution in [1.29, 1.82) is 0 Å². The summed E-state index contributed by atoms with van der Waals surface area (Å²) in [5.41, 5.74) is 0.680. The van der Waals surface area contributed by atoms with Crippen LogP contribution in [0, 0.1) is 5.21 Å². The highest BCUT2D eigenvalue weighted by molar-refractivity contribution is 5.90. The van der Waals surface area contributed by atoms with Gasteiger partial charge in [-0.1, -0.05) is 30.3 Å². The standard InChI is InChI=1S/C18H18N2O5/c1-13(21)15(11-14-7-3-2-4-8-14)19-17(22)12-25-18(23)16-9-5-6-10-20(16)24/h2-10,15H,11-12H2,1H3,(H,19,22)/t15-/m0/s1. The van der Waals surface area contributed by atoms with Crippen molar-refractivity contribution in [3.8, 4) is 0 Å². The minimum atomic E-state index is -0.909. The molecule has 7 nitrogen and oxygen atoms in total. The summed E-state index contributed by atoms with van der Waals surface area (Å²) >= 11 is 0. The first kappa shape index (κ1) is 18.1. The second-order valence-electron chi connectivity index (χ2n) is 5.41. The van der Waals surface area contributed by atoms with Crippen molar-refractivity contribution in [3.63, 3.8) is 0 Å². The number of ketones is 1. The van der Waals surface area contributed by atoms with Gasteiger partial charge in [-0.15, -0.1) is 0 Å². The SMILES string of the molecule is CC(=O)[C@H](Cc1ccccc1)NC(=O)COC(=O)c1cccc[n+]1[O-]. The van der Waals surface area contributed by atoms with Crippen LogP contribution in [0.15, 0.2) is 54.7 Å². The molecule has 0 aliphatic rings. The number of pyridine rings is 1. The first-order valence-electron chi connectivity index (χ1n) is 7.66. The van der Waals surface area contributed by atoms with E-state index in [0.717, 1.165) is 11.8 Å². The number of esters is 1. The Bertz CT molecular complexity index is 761. The molecule has 1 N–H and O–H groups in total. The van der Waals surface area contributed by atoms with Crippen LogP contribution in [0.3, 0.4) is 0 Å². The van der Waals surface area contributed by atoms with Gasteiger partial charge in [-0.05, 0) is 25.0 Å². The third kappa shape index (κ3) is 5.42. The van der Waals surface area contributed by atoms with Crippen molar-refractivity contribution in [2.45, 2.75) is 19.4 Å². The molecule has 130 valence electrons. The number of ether oxygens (including phenoxy) is 1. The van der Waals surface area contributed by atoms with Gasteiger partial charge in [0.05, 0.1) is 6.04 Å². The van der Waals surface area contributed by atoms with Gasteiger partial charge in [-0.3, -0.25) is 9.59 Å². The number of benzene rings is 1. The third-order valence-electron chi connectivity index (χ3n) is 3.48. The highest BCUT2D eigenvalue weighted by Crippen LogP contribution is 2.04. The molecule has 25 heavy (non-hydrogen) atoms. The highest BCUT2D eigenvalue weighted by atomic mass is 16.5. The first-order chi connectivity index (χ1) is 12.0. The summed E-state index contributed by atoms with van der Waals surface area (Å²) in [6, 6.07) is 12.8. The molecule has 2 aromatic rings. The molecule has 2 rings (SSSR count). The van der Waals surface area contributed by atoms with E-state index in [-0.39, 0.29) is 11.5 Å². The second-order valence-corrected chi connectivity index (χ2v) is 5.41. The molecule has 0 fully saturated rings. The molecule has 1 aromatic carbocycles. The fourth-order valence-electron chi connectivity index (χ4n) is 2.17. The van der Waals surface area contributed by atoms with Crippen LogP contribution in [0.2, 0.25) is 0 Å². The molecular formula is C18H18N2O5. The molecule has 1 aromatic heterocycles. The average Bonchev–Trinajstić information content (AvgIpc) is 2.60. The maximum absolute atomic E-state index is 11.9. The van der Waals surface area contributed by atoms with Crippen LogP contribution >= 0.6 is 0 Å². The summed E-state index contributed by atoms with van der Waals surface area (Å²) in [5, 5.41) is 14.0. The van der Waals surface area contributed by atoms with Crippen molar-refractivity contribution in [2.75, 3.05) is 6.61 Å².